The van der Waals surface area contributed by atoms with Gasteiger partial charge in [-0.25, -0.2) is 0 Å². The number of carbonyl (C=O) groups is 1. The second kappa shape index (κ2) is 3.66. The molecule has 1 spiro atoms. The second-order valence-corrected chi connectivity index (χ2v) is 4.45. The topological polar surface area (TPSA) is 32.3 Å². The lowest BCUT2D eigenvalue weighted by atomic mass is 9.68. The summed E-state index contributed by atoms with van der Waals surface area (Å²) in [6, 6.07) is 0. The smallest absolute Gasteiger partial charge is 0.207 e. The molecule has 0 aromatic heterocycles. The van der Waals surface area contributed by atoms with Crippen LogP contribution in [0.4, 0.5) is 0 Å². The number of carbonyl (C=O) groups excluding carboxylic acids is 1. The zero-order valence-corrected chi connectivity index (χ0v) is 8.09. The van der Waals surface area contributed by atoms with E-state index in [9.17, 15) is 4.79 Å². The van der Waals surface area contributed by atoms with Crippen molar-refractivity contribution in [3.8, 4) is 0 Å². The zero-order valence-electron chi connectivity index (χ0n) is 8.09. The van der Waals surface area contributed by atoms with E-state index in [1.807, 2.05) is 0 Å². The minimum absolute atomic E-state index is 0.696. The van der Waals surface area contributed by atoms with Gasteiger partial charge in [-0.05, 0) is 31.2 Å². The molecule has 3 heteroatoms. The number of rotatable bonds is 4. The van der Waals surface area contributed by atoms with E-state index in [1.165, 1.54) is 38.8 Å². The average Bonchev–Trinajstić information content (AvgIpc) is 2.49. The van der Waals surface area contributed by atoms with Crippen molar-refractivity contribution in [3.63, 3.8) is 0 Å². The summed E-state index contributed by atoms with van der Waals surface area (Å²) < 4.78 is 0. The minimum Gasteiger partial charge on any atom is -0.357 e. The van der Waals surface area contributed by atoms with Crippen molar-refractivity contribution in [2.45, 2.75) is 25.7 Å². The number of hydrogen-bond acceptors (Lipinski definition) is 2. The van der Waals surface area contributed by atoms with Crippen LogP contribution in [0.25, 0.3) is 0 Å². The van der Waals surface area contributed by atoms with Crippen molar-refractivity contribution < 1.29 is 4.79 Å². The Morgan fingerprint density at radius 2 is 2.23 bits per heavy atom. The van der Waals surface area contributed by atoms with Gasteiger partial charge in [0.2, 0.25) is 6.41 Å². The van der Waals surface area contributed by atoms with Gasteiger partial charge in [0.05, 0.1) is 0 Å². The molecule has 1 amide bonds. The second-order valence-electron chi connectivity index (χ2n) is 4.45. The van der Waals surface area contributed by atoms with Gasteiger partial charge in [-0.1, -0.05) is 6.42 Å². The van der Waals surface area contributed by atoms with Crippen LogP contribution in [0, 0.1) is 5.41 Å². The van der Waals surface area contributed by atoms with Gasteiger partial charge in [0, 0.05) is 19.6 Å². The SMILES string of the molecule is O=CNCCN1CCC2(CCC2)C1. The Morgan fingerprint density at radius 1 is 1.38 bits per heavy atom. The highest BCUT2D eigenvalue weighted by atomic mass is 16.1. The van der Waals surface area contributed by atoms with E-state index < -0.39 is 0 Å². The van der Waals surface area contributed by atoms with E-state index >= 15 is 0 Å². The molecule has 1 saturated carbocycles. The molecule has 0 aromatic carbocycles. The quantitative estimate of drug-likeness (QED) is 0.510. The fourth-order valence-corrected chi connectivity index (χ4v) is 2.59. The van der Waals surface area contributed by atoms with E-state index in [4.69, 9.17) is 0 Å². The Balaban J connectivity index is 1.69. The summed E-state index contributed by atoms with van der Waals surface area (Å²) >= 11 is 0. The van der Waals surface area contributed by atoms with Crippen molar-refractivity contribution in [1.29, 1.82) is 0 Å². The van der Waals surface area contributed by atoms with Gasteiger partial charge in [-0.15, -0.1) is 0 Å². The summed E-state index contributed by atoms with van der Waals surface area (Å²) in [6.45, 7) is 4.34. The van der Waals surface area contributed by atoms with Gasteiger partial charge < -0.3 is 10.2 Å². The van der Waals surface area contributed by atoms with E-state index in [-0.39, 0.29) is 0 Å². The van der Waals surface area contributed by atoms with Crippen LogP contribution < -0.4 is 5.32 Å². The van der Waals surface area contributed by atoms with Crippen LogP contribution in [0.5, 0.6) is 0 Å². The van der Waals surface area contributed by atoms with Crippen molar-refractivity contribution in [3.05, 3.63) is 0 Å². The predicted molar refractivity (Wildman–Crippen MR) is 51.4 cm³/mol. The molecular formula is C10H18N2O. The highest BCUT2D eigenvalue weighted by Crippen LogP contribution is 2.47. The molecule has 13 heavy (non-hydrogen) atoms. The Kier molecular flexibility index (Phi) is 2.54. The van der Waals surface area contributed by atoms with Crippen LogP contribution in [0.3, 0.4) is 0 Å². The van der Waals surface area contributed by atoms with Gasteiger partial charge in [-0.3, -0.25) is 4.79 Å². The first-order valence-electron chi connectivity index (χ1n) is 5.24. The Hall–Kier alpha value is -0.570. The molecule has 1 saturated heterocycles. The third-order valence-corrected chi connectivity index (χ3v) is 3.59. The van der Waals surface area contributed by atoms with E-state index in [2.05, 4.69) is 10.2 Å². The number of hydrogen-bond donors (Lipinski definition) is 1. The normalized spacial score (nSPS) is 25.8. The number of amides is 1. The minimum atomic E-state index is 0.696. The van der Waals surface area contributed by atoms with E-state index in [0.29, 0.717) is 5.41 Å². The Morgan fingerprint density at radius 3 is 2.77 bits per heavy atom. The summed E-state index contributed by atoms with van der Waals surface area (Å²) in [5.41, 5.74) is 0.696. The third kappa shape index (κ3) is 1.85. The molecule has 1 N–H and O–H groups in total. The van der Waals surface area contributed by atoms with Crippen molar-refractivity contribution >= 4 is 6.41 Å². The van der Waals surface area contributed by atoms with Crippen LogP contribution in [-0.2, 0) is 4.79 Å². The van der Waals surface area contributed by atoms with Crippen LogP contribution in [0.2, 0.25) is 0 Å². The number of likely N-dealkylation sites (tertiary alicyclic amines) is 1. The molecule has 74 valence electrons. The van der Waals surface area contributed by atoms with Gasteiger partial charge in [0.25, 0.3) is 0 Å². The molecule has 0 atom stereocenters. The monoisotopic (exact) mass is 182 g/mol. The standard InChI is InChI=1S/C10H18N2O/c13-9-11-5-7-12-6-4-10(8-12)2-1-3-10/h9H,1-8H2,(H,11,13). The first-order valence-corrected chi connectivity index (χ1v) is 5.24. The fraction of sp³-hybridized carbons (Fsp3) is 0.900. The molecule has 0 aromatic rings. The van der Waals surface area contributed by atoms with Crippen LogP contribution in [0.15, 0.2) is 0 Å². The van der Waals surface area contributed by atoms with Crippen LogP contribution in [0.1, 0.15) is 25.7 Å². The first-order chi connectivity index (χ1) is 6.35. The van der Waals surface area contributed by atoms with Gasteiger partial charge in [0.15, 0.2) is 0 Å². The van der Waals surface area contributed by atoms with Crippen molar-refractivity contribution in [2.75, 3.05) is 26.2 Å². The molecule has 0 unspecified atom stereocenters. The highest BCUT2D eigenvalue weighted by molar-refractivity contribution is 5.45. The summed E-state index contributed by atoms with van der Waals surface area (Å²) in [4.78, 5) is 12.5. The Bertz CT molecular complexity index is 189. The van der Waals surface area contributed by atoms with Crippen LogP contribution in [-0.4, -0.2) is 37.5 Å². The lowest BCUT2D eigenvalue weighted by Crippen LogP contribution is -2.35. The van der Waals surface area contributed by atoms with E-state index in [1.54, 1.807) is 0 Å². The summed E-state index contributed by atoms with van der Waals surface area (Å²) in [5, 5.41) is 2.72. The summed E-state index contributed by atoms with van der Waals surface area (Å²) in [5.74, 6) is 0. The predicted octanol–water partition coefficient (Wildman–Crippen LogP) is 0.608. The van der Waals surface area contributed by atoms with Crippen molar-refractivity contribution in [1.82, 2.24) is 10.2 Å². The lowest BCUT2D eigenvalue weighted by Gasteiger charge is -2.38. The number of nitrogens with one attached hydrogen (secondary N) is 1. The maximum atomic E-state index is 10.0. The third-order valence-electron chi connectivity index (χ3n) is 3.59. The Labute approximate surface area is 79.5 Å². The fourth-order valence-electron chi connectivity index (χ4n) is 2.59. The largest absolute Gasteiger partial charge is 0.357 e. The molecule has 0 radical (unpaired) electrons. The summed E-state index contributed by atoms with van der Waals surface area (Å²) in [6.07, 6.45) is 6.47. The van der Waals surface area contributed by atoms with Gasteiger partial charge >= 0.3 is 0 Å². The van der Waals surface area contributed by atoms with Crippen molar-refractivity contribution in [2.24, 2.45) is 5.41 Å². The molecule has 1 heterocycles. The average molecular weight is 182 g/mol. The molecule has 0 bridgehead atoms. The molecule has 1 aliphatic carbocycles. The summed E-state index contributed by atoms with van der Waals surface area (Å²) in [7, 11) is 0. The maximum absolute atomic E-state index is 10.0. The van der Waals surface area contributed by atoms with E-state index in [0.717, 1.165) is 19.5 Å². The molecule has 2 fully saturated rings. The zero-order chi connectivity index (χ0) is 9.15. The molecule has 2 aliphatic rings. The lowest BCUT2D eigenvalue weighted by molar-refractivity contribution is -0.109. The maximum Gasteiger partial charge on any atom is 0.207 e. The molecule has 1 aliphatic heterocycles. The van der Waals surface area contributed by atoms with Gasteiger partial charge in [0.1, 0.15) is 0 Å². The molecule has 3 nitrogen and oxygen atoms in total. The number of nitrogens with zero attached hydrogens (tertiary/aromatic N) is 1. The molecule has 2 rings (SSSR count). The highest BCUT2D eigenvalue weighted by Gasteiger charge is 2.42. The molecular weight excluding hydrogens is 164 g/mol. The van der Waals surface area contributed by atoms with Gasteiger partial charge in [-0.2, -0.15) is 0 Å². The van der Waals surface area contributed by atoms with Crippen LogP contribution >= 0.6 is 0 Å². The first kappa shape index (κ1) is 9.00.